The summed E-state index contributed by atoms with van der Waals surface area (Å²) < 4.78 is 44.3. The summed E-state index contributed by atoms with van der Waals surface area (Å²) in [5.41, 5.74) is -0.429. The molecular weight excluding hydrogens is 305 g/mol. The van der Waals surface area contributed by atoms with Gasteiger partial charge in [0.15, 0.2) is 0 Å². The number of hydrogen-bond acceptors (Lipinski definition) is 2. The van der Waals surface area contributed by atoms with Crippen LogP contribution in [-0.2, 0) is 23.1 Å². The predicted octanol–water partition coefficient (Wildman–Crippen LogP) is 5.42. The van der Waals surface area contributed by atoms with Gasteiger partial charge in [0.1, 0.15) is 0 Å². The van der Waals surface area contributed by atoms with Gasteiger partial charge in [-0.3, -0.25) is 0 Å². The van der Waals surface area contributed by atoms with Gasteiger partial charge in [-0.05, 0) is 36.1 Å². The summed E-state index contributed by atoms with van der Waals surface area (Å²) in [6.07, 6.45) is 1.23. The van der Waals surface area contributed by atoms with E-state index in [4.69, 9.17) is 4.74 Å². The molecule has 0 saturated heterocycles. The molecule has 2 nitrogen and oxygen atoms in total. The Morgan fingerprint density at radius 2 is 1.78 bits per heavy atom. The largest absolute Gasteiger partial charge is 0.416 e. The summed E-state index contributed by atoms with van der Waals surface area (Å²) in [5.74, 6) is 0. The monoisotopic (exact) mass is 332 g/mol. The van der Waals surface area contributed by atoms with E-state index in [1.807, 2.05) is 6.92 Å². The van der Waals surface area contributed by atoms with Crippen molar-refractivity contribution in [1.29, 1.82) is 0 Å². The van der Waals surface area contributed by atoms with Crippen LogP contribution in [0.3, 0.4) is 0 Å². The van der Waals surface area contributed by atoms with Crippen LogP contribution in [0.2, 0.25) is 0 Å². The van der Waals surface area contributed by atoms with E-state index in [1.165, 1.54) is 6.07 Å². The summed E-state index contributed by atoms with van der Waals surface area (Å²) in [6, 6.07) is 3.57. The number of rotatable bonds is 9. The van der Waals surface area contributed by atoms with Crippen LogP contribution in [0, 0.1) is 0 Å². The molecule has 0 radical (unpaired) electrons. The van der Waals surface area contributed by atoms with Gasteiger partial charge >= 0.3 is 6.18 Å². The molecule has 1 N–H and O–H groups in total. The molecule has 0 aliphatic carbocycles. The van der Waals surface area contributed by atoms with Gasteiger partial charge in [-0.15, -0.1) is 0 Å². The maximum absolute atomic E-state index is 12.9. The van der Waals surface area contributed by atoms with E-state index in [2.05, 4.69) is 6.92 Å². The third-order valence-corrected chi connectivity index (χ3v) is 4.49. The Bertz CT molecular complexity index is 480. The minimum Gasteiger partial charge on any atom is -0.392 e. The Morgan fingerprint density at radius 1 is 1.09 bits per heavy atom. The molecule has 1 atom stereocenters. The Balaban J connectivity index is 3.15. The van der Waals surface area contributed by atoms with E-state index in [9.17, 15) is 18.3 Å². The van der Waals surface area contributed by atoms with Crippen molar-refractivity contribution in [3.05, 3.63) is 34.9 Å². The van der Waals surface area contributed by atoms with Gasteiger partial charge in [0.2, 0.25) is 0 Å². The number of benzene rings is 1. The van der Waals surface area contributed by atoms with Gasteiger partial charge in [0.25, 0.3) is 0 Å². The van der Waals surface area contributed by atoms with E-state index in [-0.39, 0.29) is 0 Å². The lowest BCUT2D eigenvalue weighted by Gasteiger charge is -2.34. The molecular formula is C18H27F3O2. The van der Waals surface area contributed by atoms with Crippen molar-refractivity contribution in [3.8, 4) is 0 Å². The van der Waals surface area contributed by atoms with E-state index in [0.29, 0.717) is 17.5 Å². The number of aliphatic hydroxyl groups excluding tert-OH is 1. The highest BCUT2D eigenvalue weighted by Crippen LogP contribution is 2.39. The number of ether oxygens (including phenoxy) is 1. The van der Waals surface area contributed by atoms with Crippen molar-refractivity contribution in [2.45, 2.75) is 70.8 Å². The molecule has 23 heavy (non-hydrogen) atoms. The fraction of sp³-hybridized carbons (Fsp3) is 0.667. The quantitative estimate of drug-likeness (QED) is 0.612. The van der Waals surface area contributed by atoms with Crippen LogP contribution in [-0.4, -0.2) is 12.2 Å². The molecule has 0 aliphatic rings. The first kappa shape index (κ1) is 20.0. The summed E-state index contributed by atoms with van der Waals surface area (Å²) in [5, 5.41) is 9.55. The maximum Gasteiger partial charge on any atom is 0.416 e. The second-order valence-corrected chi connectivity index (χ2v) is 5.89. The minimum atomic E-state index is -4.41. The highest BCUT2D eigenvalue weighted by Gasteiger charge is 2.35. The van der Waals surface area contributed by atoms with Gasteiger partial charge in [-0.1, -0.05) is 45.6 Å². The third-order valence-electron chi connectivity index (χ3n) is 4.49. The predicted molar refractivity (Wildman–Crippen MR) is 85.1 cm³/mol. The summed E-state index contributed by atoms with van der Waals surface area (Å²) in [6.45, 7) is 3.66. The normalized spacial score (nSPS) is 14.7. The third kappa shape index (κ3) is 4.95. The summed E-state index contributed by atoms with van der Waals surface area (Å²) in [7, 11) is 1.59. The van der Waals surface area contributed by atoms with Crippen LogP contribution in [0.5, 0.6) is 0 Å². The van der Waals surface area contributed by atoms with Gasteiger partial charge in [-0.2, -0.15) is 13.2 Å². The summed E-state index contributed by atoms with van der Waals surface area (Å²) in [4.78, 5) is 0. The Kier molecular flexibility index (Phi) is 7.55. The molecule has 0 spiro atoms. The van der Waals surface area contributed by atoms with Crippen molar-refractivity contribution in [1.82, 2.24) is 0 Å². The molecule has 0 aliphatic heterocycles. The van der Waals surface area contributed by atoms with Crippen molar-refractivity contribution >= 4 is 0 Å². The molecule has 0 aromatic heterocycles. The second-order valence-electron chi connectivity index (χ2n) is 5.89. The summed E-state index contributed by atoms with van der Waals surface area (Å²) >= 11 is 0. The van der Waals surface area contributed by atoms with Crippen molar-refractivity contribution in [2.24, 2.45) is 0 Å². The van der Waals surface area contributed by atoms with Crippen LogP contribution in [0.15, 0.2) is 18.2 Å². The smallest absolute Gasteiger partial charge is 0.392 e. The van der Waals surface area contributed by atoms with Gasteiger partial charge in [0.05, 0.1) is 17.8 Å². The number of hydrogen-bond donors (Lipinski definition) is 1. The van der Waals surface area contributed by atoms with E-state index >= 15 is 0 Å². The minimum absolute atomic E-state index is 0.291. The molecule has 1 aromatic rings. The molecule has 5 heteroatoms. The molecule has 0 fully saturated rings. The fourth-order valence-corrected chi connectivity index (χ4v) is 3.04. The molecule has 1 unspecified atom stereocenters. The van der Waals surface area contributed by atoms with Crippen molar-refractivity contribution in [2.75, 3.05) is 7.11 Å². The lowest BCUT2D eigenvalue weighted by Crippen LogP contribution is -2.29. The Hall–Kier alpha value is -1.07. The highest BCUT2D eigenvalue weighted by atomic mass is 19.4. The number of halogens is 3. The van der Waals surface area contributed by atoms with Gasteiger partial charge < -0.3 is 9.84 Å². The molecule has 0 heterocycles. The van der Waals surface area contributed by atoms with Crippen LogP contribution in [0.1, 0.15) is 69.1 Å². The first-order chi connectivity index (χ1) is 10.8. The lowest BCUT2D eigenvalue weighted by atomic mass is 9.82. The molecule has 132 valence electrons. The number of aliphatic hydroxyl groups is 1. The first-order valence-corrected chi connectivity index (χ1v) is 8.21. The first-order valence-electron chi connectivity index (χ1n) is 8.21. The SMILES string of the molecule is CCCCCCC(CC)(OC)c1ccc(C(F)(F)F)cc1CO. The van der Waals surface area contributed by atoms with E-state index in [0.717, 1.165) is 44.2 Å². The van der Waals surface area contributed by atoms with E-state index in [1.54, 1.807) is 7.11 Å². The number of unbranched alkanes of at least 4 members (excludes halogenated alkanes) is 3. The number of methoxy groups -OCH3 is 1. The standard InChI is InChI=1S/C18H27F3O2/c1-4-6-7-8-11-17(5-2,23-3)16-10-9-15(18(19,20)21)12-14(16)13-22/h9-10,12,22H,4-8,11,13H2,1-3H3. The van der Waals surface area contributed by atoms with Gasteiger partial charge in [0, 0.05) is 7.11 Å². The van der Waals surface area contributed by atoms with Crippen LogP contribution < -0.4 is 0 Å². The second kappa shape index (κ2) is 8.69. The molecule has 0 saturated carbocycles. The lowest BCUT2D eigenvalue weighted by molar-refractivity contribution is -0.137. The Labute approximate surface area is 136 Å². The van der Waals surface area contributed by atoms with Crippen LogP contribution >= 0.6 is 0 Å². The maximum atomic E-state index is 12.9. The zero-order valence-electron chi connectivity index (χ0n) is 14.2. The zero-order chi connectivity index (χ0) is 17.5. The molecule has 0 amide bonds. The topological polar surface area (TPSA) is 29.5 Å². The highest BCUT2D eigenvalue weighted by molar-refractivity contribution is 5.37. The molecule has 0 bridgehead atoms. The number of alkyl halides is 3. The molecule has 1 aromatic carbocycles. The molecule has 1 rings (SSSR count). The van der Waals surface area contributed by atoms with Crippen molar-refractivity contribution in [3.63, 3.8) is 0 Å². The Morgan fingerprint density at radius 3 is 2.26 bits per heavy atom. The van der Waals surface area contributed by atoms with Gasteiger partial charge in [-0.25, -0.2) is 0 Å². The fourth-order valence-electron chi connectivity index (χ4n) is 3.04. The van der Waals surface area contributed by atoms with Crippen molar-refractivity contribution < 1.29 is 23.0 Å². The van der Waals surface area contributed by atoms with E-state index < -0.39 is 23.9 Å². The average Bonchev–Trinajstić information content (AvgIpc) is 2.54. The van der Waals surface area contributed by atoms with Crippen LogP contribution in [0.25, 0.3) is 0 Å². The zero-order valence-corrected chi connectivity index (χ0v) is 14.2. The average molecular weight is 332 g/mol. The van der Waals surface area contributed by atoms with Crippen LogP contribution in [0.4, 0.5) is 13.2 Å².